The first-order valence-electron chi connectivity index (χ1n) is 6.60. The molecule has 0 radical (unpaired) electrons. The van der Waals surface area contributed by atoms with Crippen molar-refractivity contribution in [1.29, 1.82) is 0 Å². The van der Waals surface area contributed by atoms with E-state index in [1.165, 1.54) is 0 Å². The van der Waals surface area contributed by atoms with Gasteiger partial charge in [0.25, 0.3) is 0 Å². The summed E-state index contributed by atoms with van der Waals surface area (Å²) < 4.78 is 5.47. The number of rotatable bonds is 3. The lowest BCUT2D eigenvalue weighted by Gasteiger charge is -2.17. The van der Waals surface area contributed by atoms with Crippen LogP contribution in [0.5, 0.6) is 0 Å². The van der Waals surface area contributed by atoms with Crippen molar-refractivity contribution in [2.75, 3.05) is 18.5 Å². The van der Waals surface area contributed by atoms with Crippen molar-refractivity contribution in [3.05, 3.63) is 24.3 Å². The molecule has 2 aromatic rings. The van der Waals surface area contributed by atoms with Crippen LogP contribution in [0.4, 0.5) is 5.69 Å². The quantitative estimate of drug-likeness (QED) is 0.879. The van der Waals surface area contributed by atoms with Crippen molar-refractivity contribution in [3.63, 3.8) is 0 Å². The number of nitrogens with zero attached hydrogens (tertiary/aromatic N) is 3. The van der Waals surface area contributed by atoms with E-state index in [1.54, 1.807) is 0 Å². The zero-order valence-corrected chi connectivity index (χ0v) is 10.7. The van der Waals surface area contributed by atoms with Crippen molar-refractivity contribution >= 4 is 5.69 Å². The molecule has 0 aliphatic carbocycles. The normalized spacial score (nSPS) is 19.9. The van der Waals surface area contributed by atoms with Crippen molar-refractivity contribution in [2.45, 2.75) is 25.3 Å². The van der Waals surface area contributed by atoms with Crippen LogP contribution in [0.3, 0.4) is 0 Å². The highest BCUT2D eigenvalue weighted by Crippen LogP contribution is 2.21. The standard InChI is InChI=1S/C13H17N5O/c1-3-10(13-15-17-18-16-13)9-12(4-1)14-11-5-2-7-19-8-6-11/h1,3-4,9,11,14H,2,5-8H2,(H,15,16,17,18). The summed E-state index contributed by atoms with van der Waals surface area (Å²) in [6.07, 6.45) is 3.31. The molecule has 2 N–H and O–H groups in total. The van der Waals surface area contributed by atoms with E-state index in [0.717, 1.165) is 43.7 Å². The van der Waals surface area contributed by atoms with Gasteiger partial charge in [0.05, 0.1) is 0 Å². The molecule has 1 aliphatic heterocycles. The summed E-state index contributed by atoms with van der Waals surface area (Å²) in [5, 5.41) is 17.6. The fraction of sp³-hybridized carbons (Fsp3) is 0.462. The molecule has 1 fully saturated rings. The maximum absolute atomic E-state index is 5.47. The summed E-state index contributed by atoms with van der Waals surface area (Å²) in [5.41, 5.74) is 2.05. The molecule has 2 heterocycles. The number of hydrogen-bond acceptors (Lipinski definition) is 5. The fourth-order valence-electron chi connectivity index (χ4n) is 2.32. The maximum Gasteiger partial charge on any atom is 0.204 e. The van der Waals surface area contributed by atoms with Crippen molar-refractivity contribution < 1.29 is 4.74 Å². The third-order valence-corrected chi connectivity index (χ3v) is 3.29. The highest BCUT2D eigenvalue weighted by atomic mass is 16.5. The van der Waals surface area contributed by atoms with E-state index in [1.807, 2.05) is 12.1 Å². The zero-order chi connectivity index (χ0) is 12.9. The molecule has 6 nitrogen and oxygen atoms in total. The van der Waals surface area contributed by atoms with Gasteiger partial charge >= 0.3 is 0 Å². The van der Waals surface area contributed by atoms with Gasteiger partial charge < -0.3 is 10.1 Å². The van der Waals surface area contributed by atoms with E-state index >= 15 is 0 Å². The van der Waals surface area contributed by atoms with E-state index in [-0.39, 0.29) is 0 Å². The third kappa shape index (κ3) is 3.08. The molecule has 0 saturated carbocycles. The van der Waals surface area contributed by atoms with Gasteiger partial charge in [-0.05, 0) is 36.6 Å². The Balaban J connectivity index is 1.72. The Bertz CT molecular complexity index is 506. The Kier molecular flexibility index (Phi) is 3.69. The largest absolute Gasteiger partial charge is 0.382 e. The summed E-state index contributed by atoms with van der Waals surface area (Å²) in [4.78, 5) is 0. The van der Waals surface area contributed by atoms with Crippen LogP contribution < -0.4 is 5.32 Å². The first-order valence-corrected chi connectivity index (χ1v) is 6.60. The second-order valence-electron chi connectivity index (χ2n) is 4.70. The predicted octanol–water partition coefficient (Wildman–Crippen LogP) is 1.85. The maximum atomic E-state index is 5.47. The van der Waals surface area contributed by atoms with E-state index in [4.69, 9.17) is 4.74 Å². The topological polar surface area (TPSA) is 75.7 Å². The average molecular weight is 259 g/mol. The summed E-state index contributed by atoms with van der Waals surface area (Å²) in [6.45, 7) is 1.71. The van der Waals surface area contributed by atoms with Crippen LogP contribution in [0.2, 0.25) is 0 Å². The zero-order valence-electron chi connectivity index (χ0n) is 10.7. The summed E-state index contributed by atoms with van der Waals surface area (Å²) in [6, 6.07) is 8.57. The summed E-state index contributed by atoms with van der Waals surface area (Å²) in [7, 11) is 0. The molecule has 0 spiro atoms. The highest BCUT2D eigenvalue weighted by molar-refractivity contribution is 5.61. The second kappa shape index (κ2) is 5.79. The summed E-state index contributed by atoms with van der Waals surface area (Å²) >= 11 is 0. The van der Waals surface area contributed by atoms with Gasteiger partial charge in [0.2, 0.25) is 5.82 Å². The smallest absolute Gasteiger partial charge is 0.204 e. The summed E-state index contributed by atoms with van der Waals surface area (Å²) in [5.74, 6) is 0.618. The second-order valence-corrected chi connectivity index (χ2v) is 4.70. The Morgan fingerprint density at radius 3 is 3.16 bits per heavy atom. The molecule has 1 aromatic carbocycles. The minimum atomic E-state index is 0.475. The van der Waals surface area contributed by atoms with Crippen LogP contribution in [-0.2, 0) is 4.74 Å². The molecule has 1 saturated heterocycles. The van der Waals surface area contributed by atoms with Crippen LogP contribution >= 0.6 is 0 Å². The molecular weight excluding hydrogens is 242 g/mol. The van der Waals surface area contributed by atoms with Gasteiger partial charge in [-0.25, -0.2) is 0 Å². The van der Waals surface area contributed by atoms with Gasteiger partial charge in [0.1, 0.15) is 0 Å². The van der Waals surface area contributed by atoms with Gasteiger partial charge in [-0.3, -0.25) is 0 Å². The van der Waals surface area contributed by atoms with Gasteiger partial charge in [0, 0.05) is 30.5 Å². The minimum absolute atomic E-state index is 0.475. The van der Waals surface area contributed by atoms with E-state index in [0.29, 0.717) is 11.9 Å². The van der Waals surface area contributed by atoms with Gasteiger partial charge in [-0.1, -0.05) is 12.1 Å². The van der Waals surface area contributed by atoms with Crippen molar-refractivity contribution in [1.82, 2.24) is 20.6 Å². The van der Waals surface area contributed by atoms with E-state index < -0.39 is 0 Å². The third-order valence-electron chi connectivity index (χ3n) is 3.29. The number of tetrazole rings is 1. The lowest BCUT2D eigenvalue weighted by molar-refractivity contribution is 0.144. The average Bonchev–Trinajstić information content (AvgIpc) is 2.86. The van der Waals surface area contributed by atoms with E-state index in [9.17, 15) is 0 Å². The fourth-order valence-corrected chi connectivity index (χ4v) is 2.32. The molecule has 1 aromatic heterocycles. The number of hydrogen-bond donors (Lipinski definition) is 2. The SMILES string of the molecule is c1cc(NC2CCCOCC2)cc(-c2nn[nH]n2)c1. The van der Waals surface area contributed by atoms with Crippen LogP contribution in [0.15, 0.2) is 24.3 Å². The van der Waals surface area contributed by atoms with Crippen molar-refractivity contribution in [2.24, 2.45) is 0 Å². The number of anilines is 1. The number of nitrogens with one attached hydrogen (secondary N) is 2. The number of H-pyrrole nitrogens is 1. The Labute approximate surface area is 111 Å². The predicted molar refractivity (Wildman–Crippen MR) is 71.7 cm³/mol. The Morgan fingerprint density at radius 1 is 1.26 bits per heavy atom. The molecule has 1 aliphatic rings. The molecule has 3 rings (SSSR count). The number of ether oxygens (including phenoxy) is 1. The molecular formula is C13H17N5O. The van der Waals surface area contributed by atoms with E-state index in [2.05, 4.69) is 38.1 Å². The molecule has 6 heteroatoms. The monoisotopic (exact) mass is 259 g/mol. The molecule has 1 atom stereocenters. The first-order chi connectivity index (χ1) is 9.42. The van der Waals surface area contributed by atoms with Gasteiger partial charge in [0.15, 0.2) is 0 Å². The lowest BCUT2D eigenvalue weighted by Crippen LogP contribution is -2.19. The molecule has 1 unspecified atom stereocenters. The van der Waals surface area contributed by atoms with Crippen LogP contribution in [0, 0.1) is 0 Å². The van der Waals surface area contributed by atoms with Gasteiger partial charge in [-0.15, -0.1) is 10.2 Å². The number of benzene rings is 1. The van der Waals surface area contributed by atoms with Crippen molar-refractivity contribution in [3.8, 4) is 11.4 Å². The van der Waals surface area contributed by atoms with Crippen LogP contribution in [0.1, 0.15) is 19.3 Å². The lowest BCUT2D eigenvalue weighted by atomic mass is 10.1. The number of aromatic amines is 1. The minimum Gasteiger partial charge on any atom is -0.382 e. The first kappa shape index (κ1) is 12.1. The van der Waals surface area contributed by atoms with Crippen LogP contribution in [-0.4, -0.2) is 39.9 Å². The van der Waals surface area contributed by atoms with Gasteiger partial charge in [-0.2, -0.15) is 5.21 Å². The molecule has 0 bridgehead atoms. The Morgan fingerprint density at radius 2 is 2.26 bits per heavy atom. The molecule has 0 amide bonds. The number of aromatic nitrogens is 4. The highest BCUT2D eigenvalue weighted by Gasteiger charge is 2.12. The molecule has 100 valence electrons. The van der Waals surface area contributed by atoms with Crippen LogP contribution in [0.25, 0.3) is 11.4 Å². The Hall–Kier alpha value is -1.95. The molecule has 19 heavy (non-hydrogen) atoms.